The summed E-state index contributed by atoms with van der Waals surface area (Å²) in [6.45, 7) is 3.16. The second-order valence-electron chi connectivity index (χ2n) is 4.54. The summed E-state index contributed by atoms with van der Waals surface area (Å²) in [6.07, 6.45) is -3.91. The van der Waals surface area contributed by atoms with Gasteiger partial charge in [0.1, 0.15) is 18.1 Å². The lowest BCUT2D eigenvalue weighted by atomic mass is 10.3. The Morgan fingerprint density at radius 1 is 1.17 bits per heavy atom. The van der Waals surface area contributed by atoms with E-state index in [0.717, 1.165) is 18.6 Å². The number of carboxylic acid groups (broad SMARTS) is 1. The molecule has 23 heavy (non-hydrogen) atoms. The van der Waals surface area contributed by atoms with Gasteiger partial charge in [0.2, 0.25) is 0 Å². The first-order chi connectivity index (χ1) is 10.3. The van der Waals surface area contributed by atoms with E-state index in [9.17, 15) is 18.0 Å². The number of carbonyl (C=O) groups is 1. The molecule has 0 unspecified atom stereocenters. The van der Waals surface area contributed by atoms with E-state index in [2.05, 4.69) is 4.74 Å². The average molecular weight is 358 g/mol. The molecule has 9 heteroatoms. The van der Waals surface area contributed by atoms with Gasteiger partial charge in [-0.3, -0.25) is 9.69 Å². The second-order valence-corrected chi connectivity index (χ2v) is 4.54. The third-order valence-corrected chi connectivity index (χ3v) is 2.63. The summed E-state index contributed by atoms with van der Waals surface area (Å²) < 4.78 is 45.1. The van der Waals surface area contributed by atoms with Crippen LogP contribution in [0.15, 0.2) is 24.3 Å². The number of alkyl halides is 3. The molecule has 0 saturated heterocycles. The molecule has 0 heterocycles. The number of hydrogen-bond donors (Lipinski definition) is 1. The highest BCUT2D eigenvalue weighted by Gasteiger charge is 2.30. The molecule has 0 bridgehead atoms. The van der Waals surface area contributed by atoms with Gasteiger partial charge in [-0.05, 0) is 37.2 Å². The molecule has 1 aromatic carbocycles. The maximum atomic E-state index is 12.0. The maximum absolute atomic E-state index is 12.0. The van der Waals surface area contributed by atoms with Crippen LogP contribution in [0.5, 0.6) is 11.5 Å². The second kappa shape index (κ2) is 10.2. The van der Waals surface area contributed by atoms with Crippen LogP contribution in [0.3, 0.4) is 0 Å². The van der Waals surface area contributed by atoms with Crippen molar-refractivity contribution in [2.45, 2.75) is 19.7 Å². The minimum atomic E-state index is -4.72. The SMILES string of the molecule is CCCN(CCOc1ccc(OC(F)(F)F)cc1)CC(=O)O.Cl. The Hall–Kier alpha value is -1.67. The zero-order valence-electron chi connectivity index (χ0n) is 12.5. The van der Waals surface area contributed by atoms with Crippen molar-refractivity contribution in [1.82, 2.24) is 4.90 Å². The summed E-state index contributed by atoms with van der Waals surface area (Å²) in [4.78, 5) is 12.4. The lowest BCUT2D eigenvalue weighted by Gasteiger charge is -2.19. The van der Waals surface area contributed by atoms with Gasteiger partial charge in [-0.25, -0.2) is 0 Å². The molecular weight excluding hydrogens is 339 g/mol. The van der Waals surface area contributed by atoms with Gasteiger partial charge in [0.25, 0.3) is 0 Å². The maximum Gasteiger partial charge on any atom is 0.573 e. The van der Waals surface area contributed by atoms with Crippen molar-refractivity contribution < 1.29 is 32.5 Å². The third-order valence-electron chi connectivity index (χ3n) is 2.63. The smallest absolute Gasteiger partial charge is 0.492 e. The van der Waals surface area contributed by atoms with Crippen LogP contribution >= 0.6 is 12.4 Å². The van der Waals surface area contributed by atoms with E-state index >= 15 is 0 Å². The van der Waals surface area contributed by atoms with E-state index in [1.807, 2.05) is 6.92 Å². The van der Waals surface area contributed by atoms with Gasteiger partial charge < -0.3 is 14.6 Å². The topological polar surface area (TPSA) is 59.0 Å². The van der Waals surface area contributed by atoms with E-state index in [0.29, 0.717) is 18.8 Å². The van der Waals surface area contributed by atoms with Crippen molar-refractivity contribution >= 4 is 18.4 Å². The molecule has 0 saturated carbocycles. The summed E-state index contributed by atoms with van der Waals surface area (Å²) in [5.41, 5.74) is 0. The van der Waals surface area contributed by atoms with Crippen molar-refractivity contribution in [3.8, 4) is 11.5 Å². The average Bonchev–Trinajstić information content (AvgIpc) is 2.38. The van der Waals surface area contributed by atoms with Crippen molar-refractivity contribution in [2.75, 3.05) is 26.2 Å². The minimum absolute atomic E-state index is 0. The molecule has 5 nitrogen and oxygen atoms in total. The molecule has 0 spiro atoms. The molecular formula is C14H19ClF3NO4. The molecule has 0 atom stereocenters. The summed E-state index contributed by atoms with van der Waals surface area (Å²) in [6, 6.07) is 5.04. The van der Waals surface area contributed by atoms with E-state index in [4.69, 9.17) is 9.84 Å². The zero-order valence-corrected chi connectivity index (χ0v) is 13.3. The molecule has 0 amide bonds. The fourth-order valence-corrected chi connectivity index (χ4v) is 1.81. The number of nitrogens with zero attached hydrogens (tertiary/aromatic N) is 1. The van der Waals surface area contributed by atoms with Crippen LogP contribution in [0.1, 0.15) is 13.3 Å². The van der Waals surface area contributed by atoms with Gasteiger partial charge in [0, 0.05) is 6.54 Å². The number of aliphatic carboxylic acids is 1. The Kier molecular flexibility index (Phi) is 9.43. The normalized spacial score (nSPS) is 11.0. The predicted molar refractivity (Wildman–Crippen MR) is 80.2 cm³/mol. The molecule has 132 valence electrons. The Bertz CT molecular complexity index is 468. The summed E-state index contributed by atoms with van der Waals surface area (Å²) in [7, 11) is 0. The van der Waals surface area contributed by atoms with Crippen LogP contribution in [-0.4, -0.2) is 48.6 Å². The monoisotopic (exact) mass is 357 g/mol. The van der Waals surface area contributed by atoms with E-state index < -0.39 is 12.3 Å². The highest BCUT2D eigenvalue weighted by atomic mass is 35.5. The molecule has 1 aromatic rings. The first kappa shape index (κ1) is 21.3. The Morgan fingerprint density at radius 2 is 1.74 bits per heavy atom. The Labute approximate surface area is 138 Å². The van der Waals surface area contributed by atoms with E-state index in [1.165, 1.54) is 12.1 Å². The van der Waals surface area contributed by atoms with Crippen LogP contribution in [-0.2, 0) is 4.79 Å². The van der Waals surface area contributed by atoms with Gasteiger partial charge in [-0.15, -0.1) is 25.6 Å². The summed E-state index contributed by atoms with van der Waals surface area (Å²) >= 11 is 0. The van der Waals surface area contributed by atoms with Gasteiger partial charge in [0.15, 0.2) is 0 Å². The van der Waals surface area contributed by atoms with Gasteiger partial charge in [0.05, 0.1) is 6.54 Å². The minimum Gasteiger partial charge on any atom is -0.492 e. The standard InChI is InChI=1S/C14H18F3NO4.ClH/c1-2-7-18(10-13(19)20)8-9-21-11-3-5-12(6-4-11)22-14(15,16)17;/h3-6H,2,7-10H2,1H3,(H,19,20);1H. The highest BCUT2D eigenvalue weighted by Crippen LogP contribution is 2.24. The fraction of sp³-hybridized carbons (Fsp3) is 0.500. The quantitative estimate of drug-likeness (QED) is 0.735. The molecule has 0 aliphatic carbocycles. The van der Waals surface area contributed by atoms with Gasteiger partial charge in [-0.2, -0.15) is 0 Å². The molecule has 0 radical (unpaired) electrons. The molecule has 1 rings (SSSR count). The lowest BCUT2D eigenvalue weighted by Crippen LogP contribution is -2.34. The number of ether oxygens (including phenoxy) is 2. The van der Waals surface area contributed by atoms with Gasteiger partial charge >= 0.3 is 12.3 Å². The van der Waals surface area contributed by atoms with Crippen LogP contribution in [0, 0.1) is 0 Å². The molecule has 0 aliphatic rings. The molecule has 0 aromatic heterocycles. The van der Waals surface area contributed by atoms with Crippen LogP contribution in [0.4, 0.5) is 13.2 Å². The number of benzene rings is 1. The van der Waals surface area contributed by atoms with Crippen LogP contribution < -0.4 is 9.47 Å². The lowest BCUT2D eigenvalue weighted by molar-refractivity contribution is -0.274. The number of halogens is 4. The molecule has 0 fully saturated rings. The van der Waals surface area contributed by atoms with Crippen LogP contribution in [0.25, 0.3) is 0 Å². The van der Waals surface area contributed by atoms with Crippen molar-refractivity contribution in [2.24, 2.45) is 0 Å². The molecule has 0 aliphatic heterocycles. The Balaban J connectivity index is 0.00000484. The third kappa shape index (κ3) is 9.85. The van der Waals surface area contributed by atoms with Crippen molar-refractivity contribution in [1.29, 1.82) is 0 Å². The predicted octanol–water partition coefficient (Wildman–Crippen LogP) is 3.18. The van der Waals surface area contributed by atoms with E-state index in [-0.39, 0.29) is 31.3 Å². The van der Waals surface area contributed by atoms with Crippen molar-refractivity contribution in [3.05, 3.63) is 24.3 Å². The fourth-order valence-electron chi connectivity index (χ4n) is 1.81. The summed E-state index contributed by atoms with van der Waals surface area (Å²) in [5, 5.41) is 8.76. The van der Waals surface area contributed by atoms with Gasteiger partial charge in [-0.1, -0.05) is 6.92 Å². The number of carboxylic acids is 1. The van der Waals surface area contributed by atoms with Crippen molar-refractivity contribution in [3.63, 3.8) is 0 Å². The van der Waals surface area contributed by atoms with Crippen LogP contribution in [0.2, 0.25) is 0 Å². The Morgan fingerprint density at radius 3 is 2.22 bits per heavy atom. The zero-order chi connectivity index (χ0) is 16.6. The number of hydrogen-bond acceptors (Lipinski definition) is 4. The molecule has 1 N–H and O–H groups in total. The summed E-state index contributed by atoms with van der Waals surface area (Å²) in [5.74, 6) is -0.846. The first-order valence-corrected chi connectivity index (χ1v) is 6.73. The number of rotatable bonds is 9. The largest absolute Gasteiger partial charge is 0.573 e. The first-order valence-electron chi connectivity index (χ1n) is 6.73. The highest BCUT2D eigenvalue weighted by molar-refractivity contribution is 5.85. The van der Waals surface area contributed by atoms with E-state index in [1.54, 1.807) is 4.90 Å².